The Kier molecular flexibility index (Phi) is 4.30. The predicted molar refractivity (Wildman–Crippen MR) is 32.4 cm³/mol. The van der Waals surface area contributed by atoms with Crippen LogP contribution < -0.4 is 0 Å². The fourth-order valence-electron chi connectivity index (χ4n) is 0. The lowest BCUT2D eigenvalue weighted by Gasteiger charge is -1.83. The van der Waals surface area contributed by atoms with Gasteiger partial charge in [-0.15, -0.1) is 11.6 Å². The van der Waals surface area contributed by atoms with Gasteiger partial charge in [0.05, 0.1) is 3.74 Å². The monoisotopic (exact) mass is 220 g/mol. The molecule has 0 aromatic heterocycles. The summed E-state index contributed by atoms with van der Waals surface area (Å²) in [6, 6.07) is 0. The molecule has 0 aliphatic rings. The van der Waals surface area contributed by atoms with Gasteiger partial charge in [-0.3, -0.25) is 0 Å². The standard InChI is InChI=1S/C2H3Br2Cl/c3-2(4)1-5/h2H,1H2. The molecule has 0 rings (SSSR count). The first-order valence-corrected chi connectivity index (χ1v) is 3.48. The minimum Gasteiger partial charge on any atom is -0.125 e. The maximum absolute atomic E-state index is 5.24. The summed E-state index contributed by atoms with van der Waals surface area (Å²) in [5.74, 6) is 0.611. The number of halogens is 3. The molecule has 0 aliphatic heterocycles. The number of rotatable bonds is 1. The maximum atomic E-state index is 5.24. The lowest BCUT2D eigenvalue weighted by Crippen LogP contribution is -1.80. The van der Waals surface area contributed by atoms with E-state index in [1.54, 1.807) is 0 Å². The van der Waals surface area contributed by atoms with E-state index in [2.05, 4.69) is 31.9 Å². The summed E-state index contributed by atoms with van der Waals surface area (Å²) < 4.78 is 0.275. The Balaban J connectivity index is 2.54. The highest BCUT2D eigenvalue weighted by Crippen LogP contribution is 2.07. The van der Waals surface area contributed by atoms with E-state index in [1.165, 1.54) is 0 Å². The van der Waals surface area contributed by atoms with Crippen molar-refractivity contribution >= 4 is 43.5 Å². The maximum Gasteiger partial charge on any atom is 0.0832 e. The molecule has 0 saturated heterocycles. The summed E-state index contributed by atoms with van der Waals surface area (Å²) in [5, 5.41) is 0. The van der Waals surface area contributed by atoms with Crippen LogP contribution in [-0.2, 0) is 0 Å². The van der Waals surface area contributed by atoms with Crippen LogP contribution in [-0.4, -0.2) is 9.62 Å². The van der Waals surface area contributed by atoms with Crippen molar-refractivity contribution in [2.75, 3.05) is 5.88 Å². The van der Waals surface area contributed by atoms with Crippen molar-refractivity contribution in [3.63, 3.8) is 0 Å². The van der Waals surface area contributed by atoms with Gasteiger partial charge in [-0.1, -0.05) is 31.9 Å². The first kappa shape index (κ1) is 6.25. The third-order valence-corrected chi connectivity index (χ3v) is 1.82. The molecule has 0 aromatic carbocycles. The zero-order chi connectivity index (χ0) is 4.28. The molecular weight excluding hydrogens is 219 g/mol. The van der Waals surface area contributed by atoms with E-state index in [1.807, 2.05) is 0 Å². The van der Waals surface area contributed by atoms with Gasteiger partial charge in [0, 0.05) is 5.88 Å². The smallest absolute Gasteiger partial charge is 0.0832 e. The molecular formula is C2H3Br2Cl. The van der Waals surface area contributed by atoms with Crippen LogP contribution in [0.25, 0.3) is 0 Å². The molecule has 0 aromatic rings. The molecule has 0 amide bonds. The summed E-state index contributed by atoms with van der Waals surface area (Å²) in [4.78, 5) is 0. The van der Waals surface area contributed by atoms with Crippen molar-refractivity contribution in [2.24, 2.45) is 0 Å². The Labute approximate surface area is 53.1 Å². The second-order valence-electron chi connectivity index (χ2n) is 0.545. The van der Waals surface area contributed by atoms with Gasteiger partial charge in [0.2, 0.25) is 0 Å². The minimum absolute atomic E-state index is 0.275. The molecule has 0 nitrogen and oxygen atoms in total. The average Bonchev–Trinajstić information content (AvgIpc) is 1.38. The van der Waals surface area contributed by atoms with Crippen LogP contribution in [0, 0.1) is 0 Å². The van der Waals surface area contributed by atoms with E-state index in [9.17, 15) is 0 Å². The lowest BCUT2D eigenvalue weighted by molar-refractivity contribution is 1.49. The second-order valence-corrected chi connectivity index (χ2v) is 4.29. The van der Waals surface area contributed by atoms with Crippen LogP contribution in [0.15, 0.2) is 0 Å². The highest BCUT2D eigenvalue weighted by atomic mass is 79.9. The summed E-state index contributed by atoms with van der Waals surface area (Å²) in [7, 11) is 0. The van der Waals surface area contributed by atoms with Crippen molar-refractivity contribution in [1.82, 2.24) is 0 Å². The summed E-state index contributed by atoms with van der Waals surface area (Å²) >= 11 is 11.6. The van der Waals surface area contributed by atoms with Crippen LogP contribution in [0.2, 0.25) is 0 Å². The van der Waals surface area contributed by atoms with E-state index in [-0.39, 0.29) is 3.74 Å². The highest BCUT2D eigenvalue weighted by Gasteiger charge is 1.87. The molecule has 0 saturated carbocycles. The number of hydrogen-bond donors (Lipinski definition) is 0. The first-order chi connectivity index (χ1) is 2.27. The quantitative estimate of drug-likeness (QED) is 0.597. The molecule has 0 heterocycles. The van der Waals surface area contributed by atoms with Crippen molar-refractivity contribution in [3.8, 4) is 0 Å². The van der Waals surface area contributed by atoms with E-state index in [4.69, 9.17) is 11.6 Å². The van der Waals surface area contributed by atoms with Crippen LogP contribution in [0.1, 0.15) is 0 Å². The molecule has 0 radical (unpaired) electrons. The predicted octanol–water partition coefficient (Wildman–Crippen LogP) is 2.34. The zero-order valence-corrected chi connectivity index (χ0v) is 6.35. The Morgan fingerprint density at radius 2 is 1.80 bits per heavy atom. The summed E-state index contributed by atoms with van der Waals surface area (Å²) in [6.07, 6.45) is 0. The van der Waals surface area contributed by atoms with Crippen molar-refractivity contribution in [3.05, 3.63) is 0 Å². The molecule has 0 bridgehead atoms. The van der Waals surface area contributed by atoms with Crippen molar-refractivity contribution in [1.29, 1.82) is 0 Å². The fraction of sp³-hybridized carbons (Fsp3) is 1.00. The van der Waals surface area contributed by atoms with Gasteiger partial charge in [0.25, 0.3) is 0 Å². The minimum atomic E-state index is 0.275. The highest BCUT2D eigenvalue weighted by molar-refractivity contribution is 9.24. The SMILES string of the molecule is ClCC(Br)Br. The van der Waals surface area contributed by atoms with E-state index >= 15 is 0 Å². The molecule has 0 N–H and O–H groups in total. The van der Waals surface area contributed by atoms with Gasteiger partial charge in [-0.2, -0.15) is 0 Å². The Morgan fingerprint density at radius 3 is 1.80 bits per heavy atom. The van der Waals surface area contributed by atoms with Crippen LogP contribution in [0.5, 0.6) is 0 Å². The third kappa shape index (κ3) is 5.25. The average molecular weight is 222 g/mol. The fourth-order valence-corrected chi connectivity index (χ4v) is 0. The molecule has 0 aliphatic carbocycles. The Hall–Kier alpha value is 1.25. The van der Waals surface area contributed by atoms with Gasteiger partial charge in [0.15, 0.2) is 0 Å². The van der Waals surface area contributed by atoms with Crippen LogP contribution in [0.4, 0.5) is 0 Å². The second kappa shape index (κ2) is 3.44. The van der Waals surface area contributed by atoms with Gasteiger partial charge in [-0.25, -0.2) is 0 Å². The molecule has 0 unspecified atom stereocenters. The molecule has 0 fully saturated rings. The van der Waals surface area contributed by atoms with Gasteiger partial charge < -0.3 is 0 Å². The molecule has 3 heteroatoms. The molecule has 5 heavy (non-hydrogen) atoms. The van der Waals surface area contributed by atoms with Gasteiger partial charge in [0.1, 0.15) is 0 Å². The van der Waals surface area contributed by atoms with E-state index in [0.29, 0.717) is 5.88 Å². The lowest BCUT2D eigenvalue weighted by atomic mass is 11.0. The van der Waals surface area contributed by atoms with Gasteiger partial charge in [-0.05, 0) is 0 Å². The van der Waals surface area contributed by atoms with Crippen LogP contribution >= 0.6 is 43.5 Å². The normalized spacial score (nSPS) is 9.60. The van der Waals surface area contributed by atoms with E-state index < -0.39 is 0 Å². The first-order valence-electron chi connectivity index (χ1n) is 1.11. The summed E-state index contributed by atoms with van der Waals surface area (Å²) in [5.41, 5.74) is 0. The summed E-state index contributed by atoms with van der Waals surface area (Å²) in [6.45, 7) is 0. The molecule has 0 atom stereocenters. The Morgan fingerprint density at radius 1 is 1.60 bits per heavy atom. The van der Waals surface area contributed by atoms with Crippen LogP contribution in [0.3, 0.4) is 0 Å². The number of hydrogen-bond acceptors (Lipinski definition) is 0. The largest absolute Gasteiger partial charge is 0.125 e. The van der Waals surface area contributed by atoms with Gasteiger partial charge >= 0.3 is 0 Å². The molecule has 0 spiro atoms. The van der Waals surface area contributed by atoms with E-state index in [0.717, 1.165) is 0 Å². The Bertz CT molecular complexity index is 21.6. The van der Waals surface area contributed by atoms with Crippen molar-refractivity contribution in [2.45, 2.75) is 3.74 Å². The zero-order valence-electron chi connectivity index (χ0n) is 2.42. The number of alkyl halides is 3. The third-order valence-electron chi connectivity index (χ3n) is 0.117. The van der Waals surface area contributed by atoms with Crippen molar-refractivity contribution < 1.29 is 0 Å². The molecule has 32 valence electrons. The topological polar surface area (TPSA) is 0 Å².